The van der Waals surface area contributed by atoms with E-state index in [9.17, 15) is 9.90 Å². The molecule has 2 aliphatic carbocycles. The summed E-state index contributed by atoms with van der Waals surface area (Å²) in [6.45, 7) is 9.44. The van der Waals surface area contributed by atoms with Crippen LogP contribution in [0.3, 0.4) is 0 Å². The molecule has 196 valence electrons. The van der Waals surface area contributed by atoms with Gasteiger partial charge in [-0.3, -0.25) is 4.79 Å². The van der Waals surface area contributed by atoms with Crippen LogP contribution in [-0.2, 0) is 22.6 Å². The first-order valence-corrected chi connectivity index (χ1v) is 13.9. The number of carbonyl (C=O) groups excluding carboxylic acids is 1. The second-order valence-corrected chi connectivity index (χ2v) is 12.1. The number of amides is 1. The second-order valence-electron chi connectivity index (χ2n) is 10.9. The number of morpholine rings is 1. The molecule has 1 aliphatic heterocycles. The van der Waals surface area contributed by atoms with Crippen molar-refractivity contribution in [3.05, 3.63) is 39.8 Å². The van der Waals surface area contributed by atoms with Gasteiger partial charge in [-0.2, -0.15) is 0 Å². The summed E-state index contributed by atoms with van der Waals surface area (Å²) in [6.07, 6.45) is 2.29. The van der Waals surface area contributed by atoms with E-state index in [0.717, 1.165) is 41.5 Å². The number of nitrogens with zero attached hydrogens (tertiary/aromatic N) is 2. The van der Waals surface area contributed by atoms with Gasteiger partial charge < -0.3 is 24.2 Å². The molecule has 0 unspecified atom stereocenters. The van der Waals surface area contributed by atoms with Gasteiger partial charge in [-0.25, -0.2) is 4.98 Å². The van der Waals surface area contributed by atoms with E-state index < -0.39 is 6.10 Å². The van der Waals surface area contributed by atoms with Gasteiger partial charge in [0.2, 0.25) is 5.91 Å². The zero-order valence-corrected chi connectivity index (χ0v) is 22.6. The molecule has 1 amide bonds. The van der Waals surface area contributed by atoms with Crippen LogP contribution in [0.2, 0.25) is 0 Å². The first-order valence-electron chi connectivity index (χ1n) is 13.1. The molecule has 0 bridgehead atoms. The average Bonchev–Trinajstić information content (AvgIpc) is 3.30. The minimum absolute atomic E-state index is 0.00467. The molecule has 1 saturated carbocycles. The summed E-state index contributed by atoms with van der Waals surface area (Å²) in [5.74, 6) is 1.74. The lowest BCUT2D eigenvalue weighted by Crippen LogP contribution is -2.54. The Bertz CT molecular complexity index is 1070. The number of benzene rings is 1. The normalized spacial score (nSPS) is 30.8. The summed E-state index contributed by atoms with van der Waals surface area (Å²) in [5.41, 5.74) is 1.10. The van der Waals surface area contributed by atoms with Crippen molar-refractivity contribution in [1.82, 2.24) is 9.88 Å². The Morgan fingerprint density at radius 1 is 1.28 bits per heavy atom. The molecule has 3 aliphatic rings. The molecule has 7 nitrogen and oxygen atoms in total. The van der Waals surface area contributed by atoms with Gasteiger partial charge in [-0.1, -0.05) is 20.8 Å². The lowest BCUT2D eigenvalue weighted by molar-refractivity contribution is -0.148. The van der Waals surface area contributed by atoms with Gasteiger partial charge in [0.05, 0.1) is 32.1 Å². The highest BCUT2D eigenvalue weighted by atomic mass is 32.1. The van der Waals surface area contributed by atoms with Crippen LogP contribution in [0.5, 0.6) is 11.5 Å². The zero-order chi connectivity index (χ0) is 25.4. The van der Waals surface area contributed by atoms with E-state index in [1.165, 1.54) is 4.88 Å². The number of hydrogen-bond donors (Lipinski definition) is 1. The number of thiazole rings is 1. The smallest absolute Gasteiger partial charge is 0.225 e. The van der Waals surface area contributed by atoms with E-state index in [-0.39, 0.29) is 35.0 Å². The lowest BCUT2D eigenvalue weighted by Gasteiger charge is -2.53. The fraction of sp³-hybridized carbons (Fsp3) is 0.643. The van der Waals surface area contributed by atoms with Gasteiger partial charge in [0.25, 0.3) is 0 Å². The number of aliphatic hydroxyl groups excluding tert-OH is 1. The molecular formula is C28H38N2O5S. The van der Waals surface area contributed by atoms with E-state index in [1.807, 2.05) is 36.1 Å². The Hall–Kier alpha value is -2.16. The minimum Gasteiger partial charge on any atom is -0.497 e. The first-order chi connectivity index (χ1) is 17.3. The molecule has 8 heteroatoms. The quantitative estimate of drug-likeness (QED) is 0.620. The van der Waals surface area contributed by atoms with Gasteiger partial charge in [0.1, 0.15) is 23.1 Å². The van der Waals surface area contributed by atoms with Crippen molar-refractivity contribution in [3.63, 3.8) is 0 Å². The van der Waals surface area contributed by atoms with E-state index >= 15 is 0 Å². The zero-order valence-electron chi connectivity index (χ0n) is 21.7. The van der Waals surface area contributed by atoms with E-state index in [2.05, 4.69) is 13.8 Å². The highest BCUT2D eigenvalue weighted by Gasteiger charge is 2.54. The standard InChI is InChI=1S/C28H38N2O5S/c1-17(27(32)30-11-13-34-14-12-30)21-9-10-28(3)15-22-25(18(2)24(28)26(21)31)29-23(36-22)16-35-20-7-5-19(33-4)6-8-20/h5-8,17-18,21,24,26,31H,9-16H2,1-4H3/t17-,18+,21-,24+,26-,28+/m0/s1. The van der Waals surface area contributed by atoms with Crippen LogP contribution in [0.1, 0.15) is 55.1 Å². The van der Waals surface area contributed by atoms with Crippen LogP contribution < -0.4 is 9.47 Å². The third-order valence-electron chi connectivity index (χ3n) is 8.74. The molecule has 2 fully saturated rings. The number of aliphatic hydroxyl groups is 1. The maximum absolute atomic E-state index is 13.2. The molecule has 0 spiro atoms. The number of carbonyl (C=O) groups is 1. The lowest BCUT2D eigenvalue weighted by atomic mass is 9.53. The number of hydrogen-bond acceptors (Lipinski definition) is 7. The third kappa shape index (κ3) is 4.75. The van der Waals surface area contributed by atoms with Crippen LogP contribution in [0, 0.1) is 23.2 Å². The molecule has 2 heterocycles. The van der Waals surface area contributed by atoms with Crippen LogP contribution in [-0.4, -0.2) is 60.4 Å². The number of aromatic nitrogens is 1. The molecular weight excluding hydrogens is 476 g/mol. The van der Waals surface area contributed by atoms with Crippen LogP contribution >= 0.6 is 11.3 Å². The maximum Gasteiger partial charge on any atom is 0.225 e. The van der Waals surface area contributed by atoms with Crippen molar-refractivity contribution >= 4 is 17.2 Å². The third-order valence-corrected chi connectivity index (χ3v) is 9.79. The summed E-state index contributed by atoms with van der Waals surface area (Å²) in [5, 5.41) is 12.7. The Balaban J connectivity index is 1.30. The van der Waals surface area contributed by atoms with Crippen LogP contribution in [0.15, 0.2) is 24.3 Å². The molecule has 1 aromatic heterocycles. The van der Waals surface area contributed by atoms with Crippen LogP contribution in [0.25, 0.3) is 0 Å². The number of rotatable bonds is 6. The van der Waals surface area contributed by atoms with Gasteiger partial charge in [0.15, 0.2) is 0 Å². The van der Waals surface area contributed by atoms with Gasteiger partial charge >= 0.3 is 0 Å². The molecule has 1 saturated heterocycles. The molecule has 6 atom stereocenters. The molecule has 2 aromatic rings. The summed E-state index contributed by atoms with van der Waals surface area (Å²) in [6, 6.07) is 7.58. The fourth-order valence-electron chi connectivity index (χ4n) is 6.73. The number of methoxy groups -OCH3 is 1. The molecule has 1 N–H and O–H groups in total. The Kier molecular flexibility index (Phi) is 7.30. The summed E-state index contributed by atoms with van der Waals surface area (Å²) < 4.78 is 16.6. The van der Waals surface area contributed by atoms with Crippen molar-refractivity contribution in [2.45, 2.75) is 58.7 Å². The van der Waals surface area contributed by atoms with Gasteiger partial charge in [-0.15, -0.1) is 11.3 Å². The van der Waals surface area contributed by atoms with E-state index in [0.29, 0.717) is 32.9 Å². The van der Waals surface area contributed by atoms with Crippen molar-refractivity contribution in [1.29, 1.82) is 0 Å². The fourth-order valence-corrected chi connectivity index (χ4v) is 8.01. The van der Waals surface area contributed by atoms with Gasteiger partial charge in [-0.05, 0) is 60.8 Å². The summed E-state index contributed by atoms with van der Waals surface area (Å²) in [4.78, 5) is 21.4. The SMILES string of the molecule is COc1ccc(OCc2nc3c(s2)C[C@@]2(C)CC[C@@H]([C@H](C)C(=O)N4CCOCC4)[C@H](O)[C@H]2[C@H]3C)cc1. The summed E-state index contributed by atoms with van der Waals surface area (Å²) >= 11 is 1.74. The van der Waals surface area contributed by atoms with Crippen LogP contribution in [0.4, 0.5) is 0 Å². The topological polar surface area (TPSA) is 81.1 Å². The predicted octanol–water partition coefficient (Wildman–Crippen LogP) is 4.28. The number of fused-ring (bicyclic) bond motifs is 2. The van der Waals surface area contributed by atoms with Crippen molar-refractivity contribution in [2.24, 2.45) is 23.2 Å². The first kappa shape index (κ1) is 25.5. The van der Waals surface area contributed by atoms with Gasteiger partial charge in [0, 0.05) is 29.8 Å². The Morgan fingerprint density at radius 2 is 1.97 bits per heavy atom. The predicted molar refractivity (Wildman–Crippen MR) is 138 cm³/mol. The Morgan fingerprint density at radius 3 is 2.67 bits per heavy atom. The monoisotopic (exact) mass is 514 g/mol. The summed E-state index contributed by atoms with van der Waals surface area (Å²) in [7, 11) is 1.65. The van der Waals surface area contributed by atoms with E-state index in [4.69, 9.17) is 19.2 Å². The largest absolute Gasteiger partial charge is 0.497 e. The van der Waals surface area contributed by atoms with Crippen molar-refractivity contribution in [2.75, 3.05) is 33.4 Å². The minimum atomic E-state index is -0.521. The van der Waals surface area contributed by atoms with Crippen molar-refractivity contribution in [3.8, 4) is 11.5 Å². The molecule has 5 rings (SSSR count). The highest BCUT2D eigenvalue weighted by Crippen LogP contribution is 2.57. The van der Waals surface area contributed by atoms with E-state index in [1.54, 1.807) is 18.4 Å². The number of ether oxygens (including phenoxy) is 3. The molecule has 1 aromatic carbocycles. The molecule has 36 heavy (non-hydrogen) atoms. The second kappa shape index (κ2) is 10.3. The Labute approximate surface area is 217 Å². The maximum atomic E-state index is 13.2. The highest BCUT2D eigenvalue weighted by molar-refractivity contribution is 7.11. The molecule has 0 radical (unpaired) electrons. The van der Waals surface area contributed by atoms with Crippen molar-refractivity contribution < 1.29 is 24.1 Å². The average molecular weight is 515 g/mol.